The van der Waals surface area contributed by atoms with Crippen LogP contribution in [0.2, 0.25) is 0 Å². The Morgan fingerprint density at radius 2 is 1.78 bits per heavy atom. The van der Waals surface area contributed by atoms with Crippen molar-refractivity contribution in [3.63, 3.8) is 0 Å². The number of methoxy groups -OCH3 is 1. The number of hydrogen-bond donors (Lipinski definition) is 0. The molecule has 4 rings (SSSR count). The molecule has 0 bridgehead atoms. The van der Waals surface area contributed by atoms with Crippen molar-refractivity contribution in [2.45, 2.75) is 50.5 Å². The second-order valence-corrected chi connectivity index (χ2v) is 11.4. The number of nitro benzene ring substituents is 1. The Morgan fingerprint density at radius 1 is 1.11 bits per heavy atom. The van der Waals surface area contributed by atoms with Crippen LogP contribution in [0.5, 0.6) is 5.75 Å². The zero-order valence-electron chi connectivity index (χ0n) is 20.5. The van der Waals surface area contributed by atoms with Crippen molar-refractivity contribution in [3.05, 3.63) is 69.3 Å². The number of nitro groups is 1. The predicted octanol–water partition coefficient (Wildman–Crippen LogP) is 3.87. The summed E-state index contributed by atoms with van der Waals surface area (Å²) in [6.45, 7) is 3.01. The number of aryl methyl sites for hydroxylation is 1. The number of nitrogens with zero attached hydrogens (tertiary/aromatic N) is 3. The number of carbonyl (C=O) groups excluding carboxylic acids is 1. The molecule has 0 unspecified atom stereocenters. The Hall–Kier alpha value is -3.18. The molecule has 10 nitrogen and oxygen atoms in total. The lowest BCUT2D eigenvalue weighted by molar-refractivity contribution is -0.384. The maximum Gasteiger partial charge on any atom is 0.410 e. The lowest BCUT2D eigenvalue weighted by Gasteiger charge is -2.36. The highest BCUT2D eigenvalue weighted by Crippen LogP contribution is 2.36. The van der Waals surface area contributed by atoms with Crippen molar-refractivity contribution in [3.8, 4) is 5.75 Å². The van der Waals surface area contributed by atoms with Crippen LogP contribution in [0.1, 0.15) is 42.9 Å². The van der Waals surface area contributed by atoms with Crippen molar-refractivity contribution in [2.24, 2.45) is 0 Å². The molecular weight excluding hydrogens is 486 g/mol. The number of sulfonamides is 1. The van der Waals surface area contributed by atoms with E-state index in [0.29, 0.717) is 24.2 Å². The Morgan fingerprint density at radius 3 is 2.39 bits per heavy atom. The molecular formula is C25H31N3O7S. The van der Waals surface area contributed by atoms with Crippen molar-refractivity contribution < 1.29 is 27.6 Å². The van der Waals surface area contributed by atoms with Gasteiger partial charge in [-0.05, 0) is 23.6 Å². The number of ether oxygens (including phenoxy) is 2. The molecule has 2 aliphatic heterocycles. The molecule has 11 heteroatoms. The number of benzene rings is 2. The summed E-state index contributed by atoms with van der Waals surface area (Å²) in [6, 6.07) is 11.9. The summed E-state index contributed by atoms with van der Waals surface area (Å²) in [6.07, 6.45) is 2.25. The minimum absolute atomic E-state index is 0.0646. The van der Waals surface area contributed by atoms with E-state index in [1.165, 1.54) is 40.1 Å². The largest absolute Gasteiger partial charge is 0.496 e. The molecule has 2 aromatic carbocycles. The van der Waals surface area contributed by atoms with E-state index in [4.69, 9.17) is 9.47 Å². The molecule has 1 amide bonds. The van der Waals surface area contributed by atoms with E-state index in [-0.39, 0.29) is 37.6 Å². The van der Waals surface area contributed by atoms with E-state index in [1.807, 2.05) is 24.3 Å². The van der Waals surface area contributed by atoms with Crippen LogP contribution in [0.15, 0.2) is 42.5 Å². The van der Waals surface area contributed by atoms with Gasteiger partial charge in [0.25, 0.3) is 5.69 Å². The van der Waals surface area contributed by atoms with Gasteiger partial charge in [-0.1, -0.05) is 37.6 Å². The highest BCUT2D eigenvalue weighted by atomic mass is 32.2. The van der Waals surface area contributed by atoms with E-state index in [0.717, 1.165) is 18.4 Å². The molecule has 0 atom stereocenters. The van der Waals surface area contributed by atoms with Gasteiger partial charge in [0.05, 0.1) is 30.9 Å². The Kier molecular flexibility index (Phi) is 7.51. The highest BCUT2D eigenvalue weighted by Gasteiger charge is 2.48. The lowest BCUT2D eigenvalue weighted by Crippen LogP contribution is -2.48. The maximum atomic E-state index is 13.0. The van der Waals surface area contributed by atoms with Crippen LogP contribution in [-0.4, -0.2) is 61.0 Å². The molecule has 0 aromatic heterocycles. The molecule has 2 aromatic rings. The molecule has 0 saturated carbocycles. The molecule has 0 N–H and O–H groups in total. The third-order valence-corrected chi connectivity index (χ3v) is 8.66. The van der Waals surface area contributed by atoms with Gasteiger partial charge in [0, 0.05) is 43.6 Å². The molecule has 2 fully saturated rings. The van der Waals surface area contributed by atoms with Gasteiger partial charge in [-0.3, -0.25) is 15.0 Å². The average Bonchev–Trinajstić information content (AvgIpc) is 3.14. The number of piperidine rings is 1. The number of hydrogen-bond acceptors (Lipinski definition) is 7. The van der Waals surface area contributed by atoms with Crippen LogP contribution in [0.25, 0.3) is 0 Å². The van der Waals surface area contributed by atoms with Gasteiger partial charge in [0.1, 0.15) is 11.4 Å². The van der Waals surface area contributed by atoms with Gasteiger partial charge in [0.2, 0.25) is 10.0 Å². The van der Waals surface area contributed by atoms with Crippen molar-refractivity contribution >= 4 is 21.8 Å². The van der Waals surface area contributed by atoms with Crippen LogP contribution < -0.4 is 4.74 Å². The molecule has 2 aliphatic rings. The quantitative estimate of drug-likeness (QED) is 0.366. The van der Waals surface area contributed by atoms with Crippen LogP contribution in [0.3, 0.4) is 0 Å². The van der Waals surface area contributed by atoms with Crippen molar-refractivity contribution in [1.82, 2.24) is 9.21 Å². The summed E-state index contributed by atoms with van der Waals surface area (Å²) in [5.74, 6) is 0.378. The van der Waals surface area contributed by atoms with Gasteiger partial charge in [-0.25, -0.2) is 17.5 Å². The summed E-state index contributed by atoms with van der Waals surface area (Å²) < 4.78 is 38.6. The first-order valence-electron chi connectivity index (χ1n) is 12.0. The molecule has 36 heavy (non-hydrogen) atoms. The van der Waals surface area contributed by atoms with Crippen LogP contribution in [0.4, 0.5) is 10.5 Å². The van der Waals surface area contributed by atoms with E-state index in [1.54, 1.807) is 0 Å². The normalized spacial score (nSPS) is 17.8. The lowest BCUT2D eigenvalue weighted by atomic mass is 9.92. The molecule has 1 spiro atoms. The first-order chi connectivity index (χ1) is 17.1. The fourth-order valence-electron chi connectivity index (χ4n) is 4.85. The minimum Gasteiger partial charge on any atom is -0.496 e. The van der Waals surface area contributed by atoms with Crippen LogP contribution in [-0.2, 0) is 33.5 Å². The second kappa shape index (κ2) is 10.4. The van der Waals surface area contributed by atoms with E-state index >= 15 is 0 Å². The third-order valence-electron chi connectivity index (χ3n) is 6.81. The Balaban J connectivity index is 1.39. The molecule has 194 valence electrons. The fourth-order valence-corrected chi connectivity index (χ4v) is 6.38. The highest BCUT2D eigenvalue weighted by molar-refractivity contribution is 7.88. The number of non-ortho nitro benzene ring substituents is 1. The molecule has 0 radical (unpaired) electrons. The predicted molar refractivity (Wildman–Crippen MR) is 133 cm³/mol. The molecule has 2 saturated heterocycles. The monoisotopic (exact) mass is 517 g/mol. The number of amides is 1. The summed E-state index contributed by atoms with van der Waals surface area (Å²) >= 11 is 0. The molecule has 0 aliphatic carbocycles. The number of rotatable bonds is 9. The smallest absolute Gasteiger partial charge is 0.410 e. The second-order valence-electron chi connectivity index (χ2n) is 9.38. The van der Waals surface area contributed by atoms with Gasteiger partial charge >= 0.3 is 6.09 Å². The fraction of sp³-hybridized carbons (Fsp3) is 0.480. The molecule has 2 heterocycles. The Labute approximate surface area is 211 Å². The number of carbonyl (C=O) groups is 1. The summed E-state index contributed by atoms with van der Waals surface area (Å²) in [5, 5.41) is 11.2. The Bertz CT molecular complexity index is 1220. The first kappa shape index (κ1) is 25.9. The summed E-state index contributed by atoms with van der Waals surface area (Å²) in [5.41, 5.74) is 1.57. The zero-order valence-corrected chi connectivity index (χ0v) is 21.3. The van der Waals surface area contributed by atoms with Crippen molar-refractivity contribution in [2.75, 3.05) is 26.7 Å². The van der Waals surface area contributed by atoms with E-state index < -0.39 is 26.6 Å². The van der Waals surface area contributed by atoms with E-state index in [2.05, 4.69) is 6.92 Å². The zero-order chi connectivity index (χ0) is 25.9. The summed E-state index contributed by atoms with van der Waals surface area (Å²) in [4.78, 5) is 24.8. The topological polar surface area (TPSA) is 119 Å². The SMILES string of the molecule is CCCc1ccc(CS(=O)(=O)N2CCC3(CC2)CN(Cc2cc([N+](=O)[O-])ccc2OC)C(=O)O3)cc1. The summed E-state index contributed by atoms with van der Waals surface area (Å²) in [7, 11) is -2.04. The minimum atomic E-state index is -3.51. The standard InChI is InChI=1S/C25H31N3O7S/c1-3-4-19-5-7-20(8-6-19)17-36(32,33)27-13-11-25(12-14-27)18-26(24(29)35-25)16-21-15-22(28(30)31)9-10-23(21)34-2/h5-10,15H,3-4,11-14,16-18H2,1-2H3. The van der Waals surface area contributed by atoms with Crippen LogP contribution >= 0.6 is 0 Å². The first-order valence-corrected chi connectivity index (χ1v) is 13.6. The van der Waals surface area contributed by atoms with E-state index in [9.17, 15) is 23.3 Å². The maximum absolute atomic E-state index is 13.0. The van der Waals surface area contributed by atoms with Gasteiger partial charge in [0.15, 0.2) is 0 Å². The third kappa shape index (κ3) is 5.62. The van der Waals surface area contributed by atoms with Gasteiger partial charge in [-0.15, -0.1) is 0 Å². The van der Waals surface area contributed by atoms with Crippen molar-refractivity contribution in [1.29, 1.82) is 0 Å². The van der Waals surface area contributed by atoms with Crippen LogP contribution in [0, 0.1) is 10.1 Å². The average molecular weight is 518 g/mol. The van der Waals surface area contributed by atoms with Gasteiger partial charge in [-0.2, -0.15) is 0 Å². The van der Waals surface area contributed by atoms with Gasteiger partial charge < -0.3 is 9.47 Å².